The van der Waals surface area contributed by atoms with Gasteiger partial charge in [-0.15, -0.1) is 0 Å². The van der Waals surface area contributed by atoms with Crippen molar-refractivity contribution >= 4 is 11.0 Å². The van der Waals surface area contributed by atoms with E-state index in [0.29, 0.717) is 18.3 Å². The van der Waals surface area contributed by atoms with Crippen molar-refractivity contribution in [2.24, 2.45) is 0 Å². The summed E-state index contributed by atoms with van der Waals surface area (Å²) in [6.07, 6.45) is 4.08. The van der Waals surface area contributed by atoms with Gasteiger partial charge in [-0.25, -0.2) is 15.0 Å². The molecule has 1 fully saturated rings. The van der Waals surface area contributed by atoms with Gasteiger partial charge in [-0.1, -0.05) is 6.07 Å². The molecule has 164 valence electrons. The zero-order valence-corrected chi connectivity index (χ0v) is 18.4. The Kier molecular flexibility index (Phi) is 5.79. The monoisotopic (exact) mass is 429 g/mol. The number of nitrogens with zero attached hydrogens (tertiary/aromatic N) is 5. The van der Waals surface area contributed by atoms with Crippen LogP contribution in [0.2, 0.25) is 0 Å². The highest BCUT2D eigenvalue weighted by Gasteiger charge is 2.18. The molecule has 0 amide bonds. The van der Waals surface area contributed by atoms with E-state index in [-0.39, 0.29) is 0 Å². The smallest absolute Gasteiger partial charge is 0.216 e. The van der Waals surface area contributed by atoms with Crippen LogP contribution >= 0.6 is 0 Å². The Labute approximate surface area is 187 Å². The molecule has 1 aliphatic rings. The van der Waals surface area contributed by atoms with Crippen molar-refractivity contribution in [1.82, 2.24) is 35.1 Å². The summed E-state index contributed by atoms with van der Waals surface area (Å²) in [4.78, 5) is 23.8. The molecule has 0 radical (unpaired) electrons. The van der Waals surface area contributed by atoms with Crippen LogP contribution in [0.25, 0.3) is 22.3 Å². The van der Waals surface area contributed by atoms with Crippen molar-refractivity contribution in [3.05, 3.63) is 66.0 Å². The second-order valence-corrected chi connectivity index (χ2v) is 8.08. The number of hydrogen-bond donors (Lipinski definition) is 2. The van der Waals surface area contributed by atoms with Crippen LogP contribution in [0.5, 0.6) is 5.88 Å². The van der Waals surface area contributed by atoms with Crippen LogP contribution in [0.1, 0.15) is 30.0 Å². The Hall–Kier alpha value is -3.36. The molecule has 0 bridgehead atoms. The van der Waals surface area contributed by atoms with Gasteiger partial charge < -0.3 is 15.0 Å². The van der Waals surface area contributed by atoms with E-state index in [1.165, 1.54) is 11.9 Å². The summed E-state index contributed by atoms with van der Waals surface area (Å²) < 4.78 is 5.22. The molecule has 1 saturated heterocycles. The molecule has 4 heterocycles. The van der Waals surface area contributed by atoms with Gasteiger partial charge in [0.1, 0.15) is 12.2 Å². The lowest BCUT2D eigenvalue weighted by Crippen LogP contribution is -2.44. The molecule has 4 aromatic rings. The summed E-state index contributed by atoms with van der Waals surface area (Å²) >= 11 is 0. The van der Waals surface area contributed by atoms with Gasteiger partial charge in [0.2, 0.25) is 5.88 Å². The number of hydrogen-bond acceptors (Lipinski definition) is 7. The van der Waals surface area contributed by atoms with Crippen LogP contribution < -0.4 is 10.1 Å². The molecule has 8 nitrogen and oxygen atoms in total. The number of aromatic nitrogens is 5. The maximum Gasteiger partial charge on any atom is 0.216 e. The first kappa shape index (κ1) is 20.5. The van der Waals surface area contributed by atoms with Gasteiger partial charge in [-0.05, 0) is 36.8 Å². The molecule has 1 atom stereocenters. The Morgan fingerprint density at radius 3 is 2.78 bits per heavy atom. The highest BCUT2D eigenvalue weighted by molar-refractivity contribution is 5.81. The number of benzene rings is 1. The number of fused-ring (bicyclic) bond motifs is 1. The molecule has 32 heavy (non-hydrogen) atoms. The summed E-state index contributed by atoms with van der Waals surface area (Å²) in [5.41, 5.74) is 6.01. The van der Waals surface area contributed by atoms with Gasteiger partial charge in [-0.3, -0.25) is 9.88 Å². The number of pyridine rings is 1. The lowest BCUT2D eigenvalue weighted by molar-refractivity contribution is 0.185. The van der Waals surface area contributed by atoms with E-state index >= 15 is 0 Å². The molecular weight excluding hydrogens is 402 g/mol. The maximum atomic E-state index is 5.22. The van der Waals surface area contributed by atoms with E-state index in [2.05, 4.69) is 55.3 Å². The molecule has 5 rings (SSSR count). The predicted octanol–water partition coefficient (Wildman–Crippen LogP) is 2.98. The Morgan fingerprint density at radius 1 is 1.06 bits per heavy atom. The molecule has 1 aromatic carbocycles. The van der Waals surface area contributed by atoms with E-state index in [4.69, 9.17) is 9.72 Å². The van der Waals surface area contributed by atoms with Crippen molar-refractivity contribution in [2.45, 2.75) is 19.4 Å². The highest BCUT2D eigenvalue weighted by atomic mass is 16.5. The molecule has 0 spiro atoms. The number of ether oxygens (including phenoxy) is 1. The third kappa shape index (κ3) is 4.32. The fraction of sp³-hybridized carbons (Fsp3) is 0.333. The Balaban J connectivity index is 1.36. The standard InChI is InChI=1S/C24H27N7O/c1-16(31-9-7-25-8-10-31)17-5-6-26-19(11-17)13-23-29-20-4-3-18(12-22(20)30-23)21-14-24(32-2)28-15-27-21/h3-6,11-12,14-16,25H,7-10,13H2,1-2H3,(H,29,30). The average Bonchev–Trinajstić information content (AvgIpc) is 3.25. The number of methoxy groups -OCH3 is 1. The largest absolute Gasteiger partial charge is 0.481 e. The first-order chi connectivity index (χ1) is 15.7. The molecular formula is C24H27N7O. The van der Waals surface area contributed by atoms with Gasteiger partial charge in [-0.2, -0.15) is 0 Å². The number of nitrogens with one attached hydrogen (secondary N) is 2. The first-order valence-electron chi connectivity index (χ1n) is 10.9. The van der Waals surface area contributed by atoms with E-state index in [9.17, 15) is 0 Å². The summed E-state index contributed by atoms with van der Waals surface area (Å²) in [5.74, 6) is 1.44. The van der Waals surface area contributed by atoms with Gasteiger partial charge in [0.15, 0.2) is 0 Å². The minimum Gasteiger partial charge on any atom is -0.481 e. The fourth-order valence-electron chi connectivity index (χ4n) is 4.22. The quantitative estimate of drug-likeness (QED) is 0.487. The fourth-order valence-corrected chi connectivity index (χ4v) is 4.22. The summed E-state index contributed by atoms with van der Waals surface area (Å²) in [6, 6.07) is 12.6. The van der Waals surface area contributed by atoms with Gasteiger partial charge in [0.25, 0.3) is 0 Å². The maximum absolute atomic E-state index is 5.22. The first-order valence-corrected chi connectivity index (χ1v) is 10.9. The highest BCUT2D eigenvalue weighted by Crippen LogP contribution is 2.25. The van der Waals surface area contributed by atoms with Crippen LogP contribution in [0, 0.1) is 0 Å². The van der Waals surface area contributed by atoms with Crippen molar-refractivity contribution < 1.29 is 4.74 Å². The number of H-pyrrole nitrogens is 1. The van der Waals surface area contributed by atoms with E-state index in [0.717, 1.165) is 60.0 Å². The van der Waals surface area contributed by atoms with Crippen molar-refractivity contribution in [2.75, 3.05) is 33.3 Å². The number of piperazine rings is 1. The van der Waals surface area contributed by atoms with Crippen LogP contribution in [-0.2, 0) is 6.42 Å². The molecule has 2 N–H and O–H groups in total. The number of imidazole rings is 1. The normalized spacial score (nSPS) is 15.7. The zero-order chi connectivity index (χ0) is 21.9. The van der Waals surface area contributed by atoms with Crippen molar-refractivity contribution in [3.63, 3.8) is 0 Å². The van der Waals surface area contributed by atoms with Crippen molar-refractivity contribution in [3.8, 4) is 17.1 Å². The number of aromatic amines is 1. The minimum absolute atomic E-state index is 0.377. The third-order valence-corrected chi connectivity index (χ3v) is 6.05. The molecule has 3 aromatic heterocycles. The predicted molar refractivity (Wildman–Crippen MR) is 124 cm³/mol. The summed E-state index contributed by atoms with van der Waals surface area (Å²) in [7, 11) is 1.60. The van der Waals surface area contributed by atoms with Gasteiger partial charge >= 0.3 is 0 Å². The SMILES string of the molecule is COc1cc(-c2ccc3nc(Cc4cc(C(C)N5CCNCC5)ccn4)[nH]c3c2)ncn1. The Bertz CT molecular complexity index is 1220. The minimum atomic E-state index is 0.377. The van der Waals surface area contributed by atoms with E-state index in [1.807, 2.05) is 24.4 Å². The average molecular weight is 430 g/mol. The second kappa shape index (κ2) is 9.02. The lowest BCUT2D eigenvalue weighted by Gasteiger charge is -2.33. The third-order valence-electron chi connectivity index (χ3n) is 6.05. The second-order valence-electron chi connectivity index (χ2n) is 8.08. The molecule has 8 heteroatoms. The van der Waals surface area contributed by atoms with Crippen LogP contribution in [0.4, 0.5) is 0 Å². The summed E-state index contributed by atoms with van der Waals surface area (Å²) in [5, 5.41) is 3.42. The van der Waals surface area contributed by atoms with Crippen LogP contribution in [0.3, 0.4) is 0 Å². The molecule has 1 aliphatic heterocycles. The molecule has 1 unspecified atom stereocenters. The van der Waals surface area contributed by atoms with Crippen molar-refractivity contribution in [1.29, 1.82) is 0 Å². The molecule has 0 aliphatic carbocycles. The Morgan fingerprint density at radius 2 is 1.94 bits per heavy atom. The van der Waals surface area contributed by atoms with Gasteiger partial charge in [0.05, 0.1) is 23.8 Å². The van der Waals surface area contributed by atoms with Crippen LogP contribution in [0.15, 0.2) is 48.9 Å². The number of rotatable bonds is 6. The zero-order valence-electron chi connectivity index (χ0n) is 18.4. The van der Waals surface area contributed by atoms with Crippen LogP contribution in [-0.4, -0.2) is 63.1 Å². The lowest BCUT2D eigenvalue weighted by atomic mass is 10.1. The van der Waals surface area contributed by atoms with E-state index < -0.39 is 0 Å². The van der Waals surface area contributed by atoms with Gasteiger partial charge in [0, 0.05) is 62.2 Å². The molecule has 0 saturated carbocycles. The van der Waals surface area contributed by atoms with E-state index in [1.54, 1.807) is 7.11 Å². The topological polar surface area (TPSA) is 91.8 Å². The summed E-state index contributed by atoms with van der Waals surface area (Å²) in [6.45, 7) is 6.51.